The number of hydrogen-bond donors (Lipinski definition) is 1. The first kappa shape index (κ1) is 20.2. The predicted octanol–water partition coefficient (Wildman–Crippen LogP) is 3.98. The van der Waals surface area contributed by atoms with Crippen LogP contribution in [0.15, 0.2) is 58.6 Å². The number of nitrogens with one attached hydrogen (secondary N) is 1. The largest absolute Gasteiger partial charge is 0.496 e. The van der Waals surface area contributed by atoms with Crippen LogP contribution in [0, 0.1) is 0 Å². The summed E-state index contributed by atoms with van der Waals surface area (Å²) in [5.74, 6) is 0.377. The number of methoxy groups -OCH3 is 1. The molecule has 1 N–H and O–H groups in total. The van der Waals surface area contributed by atoms with E-state index in [9.17, 15) is 4.79 Å². The SMILES string of the molecule is C=Nc1cc(/C=N/NC(=O)c2cc(-c3ccccc3OC)ns2)ccc1N(C)C. The molecule has 7 nitrogen and oxygen atoms in total. The fourth-order valence-electron chi connectivity index (χ4n) is 2.71. The van der Waals surface area contributed by atoms with Gasteiger partial charge in [-0.3, -0.25) is 9.79 Å². The maximum Gasteiger partial charge on any atom is 0.283 e. The molecule has 148 valence electrons. The molecule has 0 spiro atoms. The minimum absolute atomic E-state index is 0.327. The Labute approximate surface area is 173 Å². The van der Waals surface area contributed by atoms with Gasteiger partial charge in [-0.15, -0.1) is 0 Å². The van der Waals surface area contributed by atoms with Gasteiger partial charge < -0.3 is 9.64 Å². The van der Waals surface area contributed by atoms with Crippen LogP contribution >= 0.6 is 11.5 Å². The molecule has 0 bridgehead atoms. The first-order chi connectivity index (χ1) is 14.0. The molecule has 1 heterocycles. The van der Waals surface area contributed by atoms with Crippen molar-refractivity contribution in [1.29, 1.82) is 0 Å². The fraction of sp³-hybridized carbons (Fsp3) is 0.143. The summed E-state index contributed by atoms with van der Waals surface area (Å²) in [5.41, 5.74) is 6.55. The van der Waals surface area contributed by atoms with E-state index in [1.165, 1.54) is 0 Å². The Morgan fingerprint density at radius 1 is 1.24 bits per heavy atom. The fourth-order valence-corrected chi connectivity index (χ4v) is 3.35. The molecule has 3 aromatic rings. The number of amides is 1. The topological polar surface area (TPSA) is 79.2 Å². The monoisotopic (exact) mass is 407 g/mol. The van der Waals surface area contributed by atoms with Gasteiger partial charge in [0.05, 0.1) is 30.4 Å². The summed E-state index contributed by atoms with van der Waals surface area (Å²) in [5, 5.41) is 4.04. The third-order valence-electron chi connectivity index (χ3n) is 4.15. The van der Waals surface area contributed by atoms with Crippen LogP contribution in [0.5, 0.6) is 5.75 Å². The van der Waals surface area contributed by atoms with E-state index < -0.39 is 0 Å². The van der Waals surface area contributed by atoms with Gasteiger partial charge in [-0.05, 0) is 54.1 Å². The molecule has 2 aromatic carbocycles. The summed E-state index contributed by atoms with van der Waals surface area (Å²) in [6.07, 6.45) is 1.56. The minimum Gasteiger partial charge on any atom is -0.496 e. The molecule has 3 rings (SSSR count). The van der Waals surface area contributed by atoms with E-state index in [4.69, 9.17) is 4.74 Å². The molecule has 1 amide bonds. The first-order valence-corrected chi connectivity index (χ1v) is 9.52. The Balaban J connectivity index is 1.70. The van der Waals surface area contributed by atoms with Crippen LogP contribution in [0.25, 0.3) is 11.3 Å². The van der Waals surface area contributed by atoms with Gasteiger partial charge in [0, 0.05) is 19.7 Å². The molecule has 29 heavy (non-hydrogen) atoms. The zero-order chi connectivity index (χ0) is 20.8. The van der Waals surface area contributed by atoms with Crippen molar-refractivity contribution in [2.24, 2.45) is 10.1 Å². The van der Waals surface area contributed by atoms with Crippen molar-refractivity contribution in [3.05, 3.63) is 59.0 Å². The first-order valence-electron chi connectivity index (χ1n) is 8.75. The highest BCUT2D eigenvalue weighted by atomic mass is 32.1. The van der Waals surface area contributed by atoms with Crippen LogP contribution in [0.1, 0.15) is 15.2 Å². The van der Waals surface area contributed by atoms with Crippen LogP contribution in [-0.2, 0) is 0 Å². The quantitative estimate of drug-likeness (QED) is 0.475. The van der Waals surface area contributed by atoms with Gasteiger partial charge in [-0.2, -0.15) is 9.47 Å². The van der Waals surface area contributed by atoms with Crippen molar-refractivity contribution in [2.45, 2.75) is 0 Å². The molecule has 0 fully saturated rings. The number of para-hydroxylation sites is 1. The summed E-state index contributed by atoms with van der Waals surface area (Å²) in [6.45, 7) is 3.60. The van der Waals surface area contributed by atoms with Gasteiger partial charge >= 0.3 is 0 Å². The minimum atomic E-state index is -0.327. The van der Waals surface area contributed by atoms with Crippen LogP contribution in [0.3, 0.4) is 0 Å². The maximum atomic E-state index is 12.4. The Bertz CT molecular complexity index is 1060. The van der Waals surface area contributed by atoms with E-state index >= 15 is 0 Å². The maximum absolute atomic E-state index is 12.4. The molecule has 0 saturated carbocycles. The molecular weight excluding hydrogens is 386 g/mol. The van der Waals surface area contributed by atoms with Gasteiger partial charge in [0.25, 0.3) is 5.91 Å². The third-order valence-corrected chi connectivity index (χ3v) is 4.94. The van der Waals surface area contributed by atoms with Crippen molar-refractivity contribution in [2.75, 3.05) is 26.1 Å². The molecule has 0 saturated heterocycles. The zero-order valence-corrected chi connectivity index (χ0v) is 17.2. The number of aliphatic imine (C=N–C) groups is 1. The normalized spacial score (nSPS) is 10.7. The van der Waals surface area contributed by atoms with Crippen LogP contribution < -0.4 is 15.1 Å². The van der Waals surface area contributed by atoms with Crippen LogP contribution in [0.2, 0.25) is 0 Å². The summed E-state index contributed by atoms with van der Waals surface area (Å²) >= 11 is 1.11. The van der Waals surface area contributed by atoms with Crippen LogP contribution in [0.4, 0.5) is 11.4 Å². The number of carbonyl (C=O) groups is 1. The average Bonchev–Trinajstić information content (AvgIpc) is 3.23. The molecular formula is C21H21N5O2S. The van der Waals surface area contributed by atoms with E-state index in [-0.39, 0.29) is 5.91 Å². The molecule has 0 aliphatic carbocycles. The number of nitrogens with zero attached hydrogens (tertiary/aromatic N) is 4. The standard InChI is InChI=1S/C21H21N5O2S/c1-22-17-11-14(9-10-18(17)26(2)3)13-23-24-21(27)20-12-16(25-29-20)15-7-5-6-8-19(15)28-4/h5-13H,1H2,2-4H3,(H,24,27)/b23-13+. The molecule has 0 unspecified atom stereocenters. The Hall–Kier alpha value is -3.52. The number of ether oxygens (including phenoxy) is 1. The van der Waals surface area contributed by atoms with Gasteiger partial charge in [0.1, 0.15) is 10.6 Å². The smallest absolute Gasteiger partial charge is 0.283 e. The molecule has 0 aliphatic rings. The molecule has 0 aliphatic heterocycles. The number of carbonyl (C=O) groups excluding carboxylic acids is 1. The van der Waals surface area contributed by atoms with E-state index in [1.54, 1.807) is 19.4 Å². The van der Waals surface area contributed by atoms with Gasteiger partial charge in [-0.25, -0.2) is 5.43 Å². The lowest BCUT2D eigenvalue weighted by molar-refractivity contribution is 0.0959. The van der Waals surface area contributed by atoms with Gasteiger partial charge in [0.15, 0.2) is 0 Å². The van der Waals surface area contributed by atoms with Crippen molar-refractivity contribution in [3.8, 4) is 17.0 Å². The van der Waals surface area contributed by atoms with Crippen molar-refractivity contribution < 1.29 is 9.53 Å². The lowest BCUT2D eigenvalue weighted by atomic mass is 10.1. The van der Waals surface area contributed by atoms with E-state index in [0.29, 0.717) is 16.3 Å². The second-order valence-electron chi connectivity index (χ2n) is 6.28. The lowest BCUT2D eigenvalue weighted by Crippen LogP contribution is -2.16. The van der Waals surface area contributed by atoms with Crippen LogP contribution in [-0.4, -0.2) is 44.4 Å². The lowest BCUT2D eigenvalue weighted by Gasteiger charge is -2.15. The Morgan fingerprint density at radius 3 is 2.76 bits per heavy atom. The van der Waals surface area contributed by atoms with Crippen molar-refractivity contribution in [3.63, 3.8) is 0 Å². The van der Waals surface area contributed by atoms with Gasteiger partial charge in [-0.1, -0.05) is 18.2 Å². The molecule has 0 radical (unpaired) electrons. The summed E-state index contributed by atoms with van der Waals surface area (Å²) in [7, 11) is 5.48. The highest BCUT2D eigenvalue weighted by Crippen LogP contribution is 2.30. The molecule has 1 aromatic heterocycles. The number of hydrogen-bond acceptors (Lipinski definition) is 7. The van der Waals surface area contributed by atoms with Crippen molar-refractivity contribution in [1.82, 2.24) is 9.80 Å². The van der Waals surface area contributed by atoms with Crippen molar-refractivity contribution >= 4 is 41.7 Å². The second-order valence-corrected chi connectivity index (χ2v) is 7.08. The Kier molecular flexibility index (Phi) is 6.36. The van der Waals surface area contributed by atoms with Gasteiger partial charge in [0.2, 0.25) is 0 Å². The summed E-state index contributed by atoms with van der Waals surface area (Å²) in [4.78, 5) is 18.8. The molecule has 8 heteroatoms. The highest BCUT2D eigenvalue weighted by Gasteiger charge is 2.13. The van der Waals surface area contributed by atoms with E-state index in [2.05, 4.69) is 26.6 Å². The van der Waals surface area contributed by atoms with E-state index in [1.807, 2.05) is 61.5 Å². The number of aromatic nitrogens is 1. The number of benzene rings is 2. The zero-order valence-electron chi connectivity index (χ0n) is 16.4. The third kappa shape index (κ3) is 4.67. The number of hydrazone groups is 1. The predicted molar refractivity (Wildman–Crippen MR) is 119 cm³/mol. The summed E-state index contributed by atoms with van der Waals surface area (Å²) < 4.78 is 9.71. The number of anilines is 1. The average molecular weight is 407 g/mol. The highest BCUT2D eigenvalue weighted by molar-refractivity contribution is 7.08. The number of rotatable bonds is 7. The second kappa shape index (κ2) is 9.11. The molecule has 0 atom stereocenters. The Morgan fingerprint density at radius 2 is 2.03 bits per heavy atom. The van der Waals surface area contributed by atoms with E-state index in [0.717, 1.165) is 34.0 Å². The summed E-state index contributed by atoms with van der Waals surface area (Å²) in [6, 6.07) is 14.9.